The Hall–Kier alpha value is -1.90. The maximum Gasteiger partial charge on any atom is 0.228 e. The van der Waals surface area contributed by atoms with Gasteiger partial charge in [-0.05, 0) is 30.5 Å². The molecule has 19 heavy (non-hydrogen) atoms. The van der Waals surface area contributed by atoms with Gasteiger partial charge < -0.3 is 4.74 Å². The highest BCUT2D eigenvalue weighted by molar-refractivity contribution is 6.23. The van der Waals surface area contributed by atoms with Gasteiger partial charge in [-0.15, -0.1) is 0 Å². The lowest BCUT2D eigenvalue weighted by molar-refractivity contribution is 0.0916. The van der Waals surface area contributed by atoms with Crippen LogP contribution < -0.4 is 0 Å². The van der Waals surface area contributed by atoms with Gasteiger partial charge in [-0.25, -0.2) is 0 Å². The predicted molar refractivity (Wildman–Crippen MR) is 73.4 cm³/mol. The van der Waals surface area contributed by atoms with Crippen molar-refractivity contribution < 1.29 is 14.3 Å². The Kier molecular flexibility index (Phi) is 4.15. The van der Waals surface area contributed by atoms with Crippen LogP contribution in [0.2, 0.25) is 0 Å². The number of hydrogen-bond acceptors (Lipinski definition) is 3. The minimum Gasteiger partial charge on any atom is -0.492 e. The van der Waals surface area contributed by atoms with Crippen molar-refractivity contribution in [2.24, 2.45) is 0 Å². The molecule has 0 saturated carbocycles. The van der Waals surface area contributed by atoms with E-state index >= 15 is 0 Å². The molecule has 0 atom stereocenters. The Labute approximate surface area is 113 Å². The smallest absolute Gasteiger partial charge is 0.228 e. The normalized spacial score (nSPS) is 14.1. The molecule has 1 aliphatic carbocycles. The van der Waals surface area contributed by atoms with E-state index in [9.17, 15) is 9.59 Å². The van der Waals surface area contributed by atoms with Crippen molar-refractivity contribution in [3.05, 3.63) is 46.7 Å². The van der Waals surface area contributed by atoms with Gasteiger partial charge >= 0.3 is 0 Å². The van der Waals surface area contributed by atoms with Gasteiger partial charge in [-0.3, -0.25) is 9.59 Å². The lowest BCUT2D eigenvalue weighted by Crippen LogP contribution is -2.18. The van der Waals surface area contributed by atoms with E-state index in [2.05, 4.69) is 6.92 Å². The fourth-order valence-electron chi connectivity index (χ4n) is 2.27. The molecule has 0 spiro atoms. The van der Waals surface area contributed by atoms with Crippen molar-refractivity contribution in [3.8, 4) is 0 Å². The first-order valence-electron chi connectivity index (χ1n) is 6.65. The summed E-state index contributed by atoms with van der Waals surface area (Å²) in [6.45, 7) is 2.16. The van der Waals surface area contributed by atoms with Crippen molar-refractivity contribution in [2.45, 2.75) is 32.6 Å². The van der Waals surface area contributed by atoms with Crippen LogP contribution in [0, 0.1) is 0 Å². The second-order valence-corrected chi connectivity index (χ2v) is 4.74. The number of benzene rings is 1. The summed E-state index contributed by atoms with van der Waals surface area (Å²) in [6, 6.07) is 5.51. The second-order valence-electron chi connectivity index (χ2n) is 4.74. The lowest BCUT2D eigenvalue weighted by Gasteiger charge is -2.15. The largest absolute Gasteiger partial charge is 0.492 e. The number of ketones is 2. The summed E-state index contributed by atoms with van der Waals surface area (Å²) in [5.74, 6) is -0.239. The van der Waals surface area contributed by atoms with E-state index in [4.69, 9.17) is 4.74 Å². The van der Waals surface area contributed by atoms with Crippen molar-refractivity contribution in [2.75, 3.05) is 7.11 Å². The number of aryl methyl sites for hydroxylation is 1. The molecule has 0 aromatic heterocycles. The first kappa shape index (κ1) is 13.5. The van der Waals surface area contributed by atoms with Crippen LogP contribution in [0.1, 0.15) is 52.5 Å². The topological polar surface area (TPSA) is 43.4 Å². The standard InChI is InChI=1S/C16H18O3/c1-3-4-5-6-11-7-8-12-13(9-11)14(17)10-15(19-2)16(12)18/h7-10H,3-6H2,1-2H3. The van der Waals surface area contributed by atoms with E-state index in [-0.39, 0.29) is 17.3 Å². The highest BCUT2D eigenvalue weighted by Gasteiger charge is 2.26. The molecule has 0 bridgehead atoms. The molecule has 0 saturated heterocycles. The predicted octanol–water partition coefficient (Wildman–Crippen LogP) is 3.33. The Bertz CT molecular complexity index is 541. The van der Waals surface area contributed by atoms with Crippen LogP contribution in [-0.4, -0.2) is 18.7 Å². The molecular weight excluding hydrogens is 240 g/mol. The van der Waals surface area contributed by atoms with E-state index in [0.29, 0.717) is 11.1 Å². The minimum absolute atomic E-state index is 0.122. The van der Waals surface area contributed by atoms with Gasteiger partial charge in [0.2, 0.25) is 5.78 Å². The first-order valence-corrected chi connectivity index (χ1v) is 6.65. The third-order valence-corrected chi connectivity index (χ3v) is 3.37. The van der Waals surface area contributed by atoms with Crippen LogP contribution in [0.3, 0.4) is 0 Å². The number of hydrogen-bond donors (Lipinski definition) is 0. The van der Waals surface area contributed by atoms with E-state index in [1.165, 1.54) is 26.0 Å². The molecule has 0 N–H and O–H groups in total. The summed E-state index contributed by atoms with van der Waals surface area (Å²) < 4.78 is 4.93. The molecule has 0 fully saturated rings. The molecule has 0 aliphatic heterocycles. The fourth-order valence-corrected chi connectivity index (χ4v) is 2.27. The third kappa shape index (κ3) is 2.75. The maximum absolute atomic E-state index is 12.0. The number of carbonyl (C=O) groups excluding carboxylic acids is 2. The van der Waals surface area contributed by atoms with Crippen molar-refractivity contribution >= 4 is 11.6 Å². The molecule has 2 rings (SSSR count). The number of rotatable bonds is 5. The first-order chi connectivity index (χ1) is 9.17. The van der Waals surface area contributed by atoms with Gasteiger partial charge in [0, 0.05) is 17.2 Å². The number of allylic oxidation sites excluding steroid dienone is 2. The average Bonchev–Trinajstić information content (AvgIpc) is 2.43. The number of unbranched alkanes of at least 4 members (excludes halogenated alkanes) is 2. The molecule has 0 amide bonds. The summed E-state index contributed by atoms with van der Waals surface area (Å²) in [4.78, 5) is 24.0. The van der Waals surface area contributed by atoms with E-state index in [1.807, 2.05) is 12.1 Å². The second kappa shape index (κ2) is 5.83. The van der Waals surface area contributed by atoms with Gasteiger partial charge in [0.25, 0.3) is 0 Å². The molecule has 100 valence electrons. The summed E-state index contributed by atoms with van der Waals surface area (Å²) in [5, 5.41) is 0. The van der Waals surface area contributed by atoms with Crippen molar-refractivity contribution in [1.29, 1.82) is 0 Å². The average molecular weight is 258 g/mol. The van der Waals surface area contributed by atoms with Crippen molar-refractivity contribution in [3.63, 3.8) is 0 Å². The highest BCUT2D eigenvalue weighted by Crippen LogP contribution is 2.23. The number of methoxy groups -OCH3 is 1. The Morgan fingerprint density at radius 1 is 1.11 bits per heavy atom. The highest BCUT2D eigenvalue weighted by atomic mass is 16.5. The monoisotopic (exact) mass is 258 g/mol. The van der Waals surface area contributed by atoms with Gasteiger partial charge in [0.1, 0.15) is 0 Å². The minimum atomic E-state index is -0.211. The van der Waals surface area contributed by atoms with Crippen molar-refractivity contribution in [1.82, 2.24) is 0 Å². The molecule has 0 heterocycles. The summed E-state index contributed by atoms with van der Waals surface area (Å²) in [6.07, 6.45) is 5.68. The van der Waals surface area contributed by atoms with Gasteiger partial charge in [-0.1, -0.05) is 25.8 Å². The molecular formula is C16H18O3. The Morgan fingerprint density at radius 3 is 2.58 bits per heavy atom. The maximum atomic E-state index is 12.0. The van der Waals surface area contributed by atoms with E-state index in [1.54, 1.807) is 6.07 Å². The van der Waals surface area contributed by atoms with Gasteiger partial charge in [0.15, 0.2) is 11.5 Å². The van der Waals surface area contributed by atoms with E-state index in [0.717, 1.165) is 18.4 Å². The number of carbonyl (C=O) groups is 2. The van der Waals surface area contributed by atoms with Crippen LogP contribution in [-0.2, 0) is 11.2 Å². The number of Topliss-reactive ketones (excluding diaryl/α,β-unsaturated/α-hetero) is 1. The third-order valence-electron chi connectivity index (χ3n) is 3.37. The molecule has 3 heteroatoms. The zero-order valence-electron chi connectivity index (χ0n) is 11.4. The molecule has 1 aromatic rings. The van der Waals surface area contributed by atoms with Crippen LogP contribution >= 0.6 is 0 Å². The van der Waals surface area contributed by atoms with Crippen LogP contribution in [0.4, 0.5) is 0 Å². The van der Waals surface area contributed by atoms with Crippen LogP contribution in [0.25, 0.3) is 0 Å². The summed E-state index contributed by atoms with van der Waals surface area (Å²) in [5.41, 5.74) is 2.06. The summed E-state index contributed by atoms with van der Waals surface area (Å²) in [7, 11) is 1.40. The van der Waals surface area contributed by atoms with E-state index < -0.39 is 0 Å². The Morgan fingerprint density at radius 2 is 1.89 bits per heavy atom. The molecule has 3 nitrogen and oxygen atoms in total. The zero-order valence-corrected chi connectivity index (χ0v) is 11.4. The molecule has 1 aliphatic rings. The number of ether oxygens (including phenoxy) is 1. The van der Waals surface area contributed by atoms with Gasteiger partial charge in [0.05, 0.1) is 7.11 Å². The zero-order chi connectivity index (χ0) is 13.8. The molecule has 0 radical (unpaired) electrons. The van der Waals surface area contributed by atoms with Crippen LogP contribution in [0.5, 0.6) is 0 Å². The fraction of sp³-hybridized carbons (Fsp3) is 0.375. The quantitative estimate of drug-likeness (QED) is 0.761. The lowest BCUT2D eigenvalue weighted by atomic mass is 9.91. The Balaban J connectivity index is 2.26. The molecule has 0 unspecified atom stereocenters. The number of fused-ring (bicyclic) bond motifs is 1. The SMILES string of the molecule is CCCCCc1ccc2c(c1)C(=O)C=C(OC)C2=O. The van der Waals surface area contributed by atoms with Gasteiger partial charge in [-0.2, -0.15) is 0 Å². The summed E-state index contributed by atoms with van der Waals surface area (Å²) >= 11 is 0. The molecule has 1 aromatic carbocycles. The van der Waals surface area contributed by atoms with Crippen LogP contribution in [0.15, 0.2) is 30.0 Å².